The summed E-state index contributed by atoms with van der Waals surface area (Å²) in [6.07, 6.45) is 2.76. The van der Waals surface area contributed by atoms with Crippen LogP contribution in [0.1, 0.15) is 26.7 Å². The Morgan fingerprint density at radius 1 is 1.33 bits per heavy atom. The van der Waals surface area contributed by atoms with Gasteiger partial charge in [-0.15, -0.1) is 0 Å². The molecular formula is C12H21NOS. The van der Waals surface area contributed by atoms with Gasteiger partial charge in [0.05, 0.1) is 13.2 Å². The number of nitrogens with one attached hydrogen (secondary N) is 1. The maximum absolute atomic E-state index is 5.48. The second-order valence-electron chi connectivity index (χ2n) is 5.70. The quantitative estimate of drug-likeness (QED) is 0.739. The smallest absolute Gasteiger partial charge is 0.0560 e. The second kappa shape index (κ2) is 3.38. The summed E-state index contributed by atoms with van der Waals surface area (Å²) in [6.45, 7) is 7.97. The van der Waals surface area contributed by atoms with E-state index in [0.29, 0.717) is 16.2 Å². The Balaban J connectivity index is 1.91. The van der Waals surface area contributed by atoms with Crippen molar-refractivity contribution in [2.75, 3.05) is 25.5 Å². The molecule has 0 aromatic rings. The Hall–Kier alpha value is 0.270. The molecule has 3 rings (SSSR count). The van der Waals surface area contributed by atoms with Gasteiger partial charge in [0.1, 0.15) is 0 Å². The Morgan fingerprint density at radius 2 is 2.13 bits per heavy atom. The summed E-state index contributed by atoms with van der Waals surface area (Å²) in [5, 5.41) is 3.80. The highest BCUT2D eigenvalue weighted by Gasteiger charge is 2.62. The maximum Gasteiger partial charge on any atom is 0.0560 e. The van der Waals surface area contributed by atoms with Gasteiger partial charge in [-0.2, -0.15) is 11.8 Å². The fourth-order valence-electron chi connectivity index (χ4n) is 3.70. The molecule has 2 saturated heterocycles. The van der Waals surface area contributed by atoms with Gasteiger partial charge in [-0.3, -0.25) is 0 Å². The summed E-state index contributed by atoms with van der Waals surface area (Å²) in [5.41, 5.74) is 0.498. The first-order chi connectivity index (χ1) is 7.20. The van der Waals surface area contributed by atoms with Crippen molar-refractivity contribution in [1.29, 1.82) is 0 Å². The van der Waals surface area contributed by atoms with Crippen molar-refractivity contribution in [3.63, 3.8) is 0 Å². The van der Waals surface area contributed by atoms with Crippen molar-refractivity contribution in [3.05, 3.63) is 0 Å². The first-order valence-corrected chi connectivity index (χ1v) is 7.13. The summed E-state index contributed by atoms with van der Waals surface area (Å²) < 4.78 is 5.99. The third kappa shape index (κ3) is 1.26. The molecule has 3 heteroatoms. The SMILES string of the molecule is CC(C)C12CCC3(COC3)[C@H]1NCCS2. The molecule has 0 amide bonds. The lowest BCUT2D eigenvalue weighted by atomic mass is 9.76. The van der Waals surface area contributed by atoms with E-state index < -0.39 is 0 Å². The highest BCUT2D eigenvalue weighted by molar-refractivity contribution is 8.00. The van der Waals surface area contributed by atoms with E-state index >= 15 is 0 Å². The lowest BCUT2D eigenvalue weighted by molar-refractivity contribution is -0.125. The summed E-state index contributed by atoms with van der Waals surface area (Å²) >= 11 is 2.22. The molecule has 1 unspecified atom stereocenters. The molecule has 2 nitrogen and oxygen atoms in total. The third-order valence-corrected chi connectivity index (χ3v) is 6.55. The maximum atomic E-state index is 5.48. The van der Waals surface area contributed by atoms with Gasteiger partial charge in [0.15, 0.2) is 0 Å². The minimum Gasteiger partial charge on any atom is -0.380 e. The molecule has 0 aromatic carbocycles. The van der Waals surface area contributed by atoms with Gasteiger partial charge in [0.25, 0.3) is 0 Å². The molecule has 1 saturated carbocycles. The van der Waals surface area contributed by atoms with Gasteiger partial charge in [0.2, 0.25) is 0 Å². The van der Waals surface area contributed by atoms with Gasteiger partial charge in [-0.05, 0) is 18.8 Å². The Bertz CT molecular complexity index is 264. The largest absolute Gasteiger partial charge is 0.380 e. The lowest BCUT2D eigenvalue weighted by Gasteiger charge is -2.51. The molecule has 0 bridgehead atoms. The van der Waals surface area contributed by atoms with E-state index in [1.807, 2.05) is 0 Å². The highest BCUT2D eigenvalue weighted by atomic mass is 32.2. The monoisotopic (exact) mass is 227 g/mol. The molecule has 86 valence electrons. The molecule has 2 heterocycles. The van der Waals surface area contributed by atoms with E-state index in [4.69, 9.17) is 4.74 Å². The number of hydrogen-bond acceptors (Lipinski definition) is 3. The van der Waals surface area contributed by atoms with E-state index in [2.05, 4.69) is 30.9 Å². The number of rotatable bonds is 1. The van der Waals surface area contributed by atoms with E-state index in [9.17, 15) is 0 Å². The molecule has 2 aliphatic heterocycles. The Morgan fingerprint density at radius 3 is 2.73 bits per heavy atom. The highest BCUT2D eigenvalue weighted by Crippen LogP contribution is 2.58. The summed E-state index contributed by atoms with van der Waals surface area (Å²) in [7, 11) is 0. The van der Waals surface area contributed by atoms with Gasteiger partial charge < -0.3 is 10.1 Å². The first kappa shape index (κ1) is 10.4. The van der Waals surface area contributed by atoms with Crippen LogP contribution < -0.4 is 5.32 Å². The Labute approximate surface area is 96.5 Å². The van der Waals surface area contributed by atoms with Crippen LogP contribution in [-0.4, -0.2) is 36.3 Å². The standard InChI is InChI=1S/C12H21NOS/c1-9(2)12-4-3-11(7-14-8-11)10(12)13-5-6-15-12/h9-10,13H,3-8H2,1-2H3/t10-,12?/m1/s1. The zero-order valence-corrected chi connectivity index (χ0v) is 10.5. The zero-order valence-electron chi connectivity index (χ0n) is 9.71. The average Bonchev–Trinajstić information content (AvgIpc) is 2.53. The number of ether oxygens (including phenoxy) is 1. The van der Waals surface area contributed by atoms with Crippen LogP contribution in [0, 0.1) is 11.3 Å². The molecule has 1 aliphatic carbocycles. The van der Waals surface area contributed by atoms with E-state index in [1.54, 1.807) is 0 Å². The fraction of sp³-hybridized carbons (Fsp3) is 1.00. The van der Waals surface area contributed by atoms with Gasteiger partial charge in [-0.1, -0.05) is 13.8 Å². The van der Waals surface area contributed by atoms with Crippen molar-refractivity contribution in [2.45, 2.75) is 37.5 Å². The average molecular weight is 227 g/mol. The molecule has 1 N–H and O–H groups in total. The van der Waals surface area contributed by atoms with Crippen molar-refractivity contribution in [3.8, 4) is 0 Å². The van der Waals surface area contributed by atoms with Crippen LogP contribution in [0.3, 0.4) is 0 Å². The topological polar surface area (TPSA) is 21.3 Å². The van der Waals surface area contributed by atoms with Gasteiger partial charge in [-0.25, -0.2) is 0 Å². The molecule has 2 atom stereocenters. The molecule has 3 aliphatic rings. The molecular weight excluding hydrogens is 206 g/mol. The van der Waals surface area contributed by atoms with Crippen molar-refractivity contribution in [2.24, 2.45) is 11.3 Å². The molecule has 1 spiro atoms. The van der Waals surface area contributed by atoms with Crippen LogP contribution in [0.15, 0.2) is 0 Å². The van der Waals surface area contributed by atoms with E-state index in [-0.39, 0.29) is 0 Å². The summed E-state index contributed by atoms with van der Waals surface area (Å²) in [4.78, 5) is 0. The van der Waals surface area contributed by atoms with E-state index in [0.717, 1.165) is 19.1 Å². The molecule has 0 radical (unpaired) electrons. The number of fused-ring (bicyclic) bond motifs is 2. The van der Waals surface area contributed by atoms with Crippen LogP contribution >= 0.6 is 11.8 Å². The molecule has 3 fully saturated rings. The Kier molecular flexibility index (Phi) is 2.35. The van der Waals surface area contributed by atoms with Crippen LogP contribution in [0.5, 0.6) is 0 Å². The van der Waals surface area contributed by atoms with Crippen LogP contribution in [0.2, 0.25) is 0 Å². The first-order valence-electron chi connectivity index (χ1n) is 6.15. The minimum atomic E-state index is 0.498. The predicted octanol–water partition coefficient (Wildman–Crippen LogP) is 1.90. The fourth-order valence-corrected chi connectivity index (χ4v) is 5.38. The van der Waals surface area contributed by atoms with Crippen LogP contribution in [0.25, 0.3) is 0 Å². The van der Waals surface area contributed by atoms with Crippen LogP contribution in [-0.2, 0) is 4.74 Å². The van der Waals surface area contributed by atoms with E-state index in [1.165, 1.54) is 25.1 Å². The van der Waals surface area contributed by atoms with Crippen LogP contribution in [0.4, 0.5) is 0 Å². The third-order valence-electron chi connectivity index (χ3n) is 4.69. The normalized spacial score (nSPS) is 43.0. The minimum absolute atomic E-state index is 0.498. The molecule has 0 aromatic heterocycles. The summed E-state index contributed by atoms with van der Waals surface area (Å²) in [5.74, 6) is 2.06. The number of thioether (sulfide) groups is 1. The lowest BCUT2D eigenvalue weighted by Crippen LogP contribution is -2.63. The second-order valence-corrected chi connectivity index (χ2v) is 7.16. The number of hydrogen-bond donors (Lipinski definition) is 1. The van der Waals surface area contributed by atoms with Gasteiger partial charge >= 0.3 is 0 Å². The predicted molar refractivity (Wildman–Crippen MR) is 64.3 cm³/mol. The molecule has 15 heavy (non-hydrogen) atoms. The zero-order chi connectivity index (χ0) is 10.5. The van der Waals surface area contributed by atoms with Crippen molar-refractivity contribution in [1.82, 2.24) is 5.32 Å². The van der Waals surface area contributed by atoms with Crippen molar-refractivity contribution < 1.29 is 4.74 Å². The summed E-state index contributed by atoms with van der Waals surface area (Å²) in [6, 6.07) is 0.706. The van der Waals surface area contributed by atoms with Gasteiger partial charge in [0, 0.05) is 28.5 Å². The van der Waals surface area contributed by atoms with Crippen molar-refractivity contribution >= 4 is 11.8 Å².